The molecule has 0 radical (unpaired) electrons. The maximum atomic E-state index is 12.0. The summed E-state index contributed by atoms with van der Waals surface area (Å²) in [5, 5.41) is 13.7. The highest BCUT2D eigenvalue weighted by molar-refractivity contribution is 5.92. The van der Waals surface area contributed by atoms with Gasteiger partial charge < -0.3 is 14.7 Å². The van der Waals surface area contributed by atoms with Gasteiger partial charge in [-0.25, -0.2) is 0 Å². The number of carbonyl (C=O) groups is 1. The van der Waals surface area contributed by atoms with E-state index in [1.54, 1.807) is 20.2 Å². The zero-order chi connectivity index (χ0) is 13.0. The fraction of sp³-hybridized carbons (Fsp3) is 0.636. The van der Waals surface area contributed by atoms with Crippen LogP contribution >= 0.6 is 0 Å². The molecule has 0 spiro atoms. The first-order chi connectivity index (χ1) is 7.95. The summed E-state index contributed by atoms with van der Waals surface area (Å²) in [7, 11) is 4.87. The summed E-state index contributed by atoms with van der Waals surface area (Å²) < 4.78 is 6.35. The van der Waals surface area contributed by atoms with Gasteiger partial charge in [-0.15, -0.1) is 0 Å². The van der Waals surface area contributed by atoms with Crippen molar-refractivity contribution in [1.29, 1.82) is 0 Å². The smallest absolute Gasteiger partial charge is 0.271 e. The van der Waals surface area contributed by atoms with E-state index < -0.39 is 6.10 Å². The van der Waals surface area contributed by atoms with Crippen LogP contribution in [0.15, 0.2) is 6.07 Å². The van der Waals surface area contributed by atoms with Crippen molar-refractivity contribution in [3.63, 3.8) is 0 Å². The van der Waals surface area contributed by atoms with E-state index >= 15 is 0 Å². The van der Waals surface area contributed by atoms with Gasteiger partial charge in [0.2, 0.25) is 0 Å². The van der Waals surface area contributed by atoms with E-state index in [0.29, 0.717) is 5.69 Å². The van der Waals surface area contributed by atoms with Crippen molar-refractivity contribution in [2.24, 2.45) is 7.05 Å². The second kappa shape index (κ2) is 5.79. The van der Waals surface area contributed by atoms with Gasteiger partial charge in [0.05, 0.1) is 18.4 Å². The molecule has 0 aliphatic carbocycles. The summed E-state index contributed by atoms with van der Waals surface area (Å²) in [6.07, 6.45) is -0.678. The summed E-state index contributed by atoms with van der Waals surface area (Å²) in [6.45, 7) is 2.27. The SMILES string of the molecule is COCC(O)CN(C)C(=O)c1cc(C)nn1C. The molecule has 0 bridgehead atoms. The molecule has 1 heterocycles. The number of carbonyl (C=O) groups excluding carboxylic acids is 1. The number of amides is 1. The van der Waals surface area contributed by atoms with E-state index in [9.17, 15) is 9.90 Å². The normalized spacial score (nSPS) is 12.5. The van der Waals surface area contributed by atoms with Gasteiger partial charge in [-0.1, -0.05) is 0 Å². The number of aromatic nitrogens is 2. The van der Waals surface area contributed by atoms with E-state index in [0.717, 1.165) is 5.69 Å². The Morgan fingerprint density at radius 3 is 2.82 bits per heavy atom. The molecule has 0 aromatic carbocycles. The first-order valence-corrected chi connectivity index (χ1v) is 5.38. The predicted molar refractivity (Wildman–Crippen MR) is 62.8 cm³/mol. The molecule has 1 N–H and O–H groups in total. The third-order valence-corrected chi connectivity index (χ3v) is 2.41. The molecule has 0 saturated heterocycles. The van der Waals surface area contributed by atoms with Crippen molar-refractivity contribution in [1.82, 2.24) is 14.7 Å². The Kier molecular flexibility index (Phi) is 4.65. The van der Waals surface area contributed by atoms with Crippen molar-refractivity contribution < 1.29 is 14.6 Å². The van der Waals surface area contributed by atoms with Gasteiger partial charge in [0, 0.05) is 27.7 Å². The Morgan fingerprint density at radius 1 is 1.71 bits per heavy atom. The number of rotatable bonds is 5. The highest BCUT2D eigenvalue weighted by Crippen LogP contribution is 2.05. The molecular weight excluding hydrogens is 222 g/mol. The fourth-order valence-corrected chi connectivity index (χ4v) is 1.65. The molecule has 1 atom stereocenters. The van der Waals surface area contributed by atoms with E-state index in [-0.39, 0.29) is 19.1 Å². The number of hydrogen-bond donors (Lipinski definition) is 1. The standard InChI is InChI=1S/C11H19N3O3/c1-8-5-10(14(3)12-8)11(16)13(2)6-9(15)7-17-4/h5,9,15H,6-7H2,1-4H3. The van der Waals surface area contributed by atoms with Gasteiger partial charge in [-0.05, 0) is 13.0 Å². The third kappa shape index (κ3) is 3.54. The van der Waals surface area contributed by atoms with Gasteiger partial charge >= 0.3 is 0 Å². The number of ether oxygens (including phenoxy) is 1. The fourth-order valence-electron chi connectivity index (χ4n) is 1.65. The van der Waals surface area contributed by atoms with Crippen molar-refractivity contribution in [3.05, 3.63) is 17.5 Å². The quantitative estimate of drug-likeness (QED) is 0.775. The lowest BCUT2D eigenvalue weighted by molar-refractivity contribution is 0.0376. The van der Waals surface area contributed by atoms with Crippen LogP contribution in [0.3, 0.4) is 0 Å². The maximum Gasteiger partial charge on any atom is 0.271 e. The number of aliphatic hydroxyl groups is 1. The molecule has 0 aliphatic rings. The third-order valence-electron chi connectivity index (χ3n) is 2.41. The Hall–Kier alpha value is -1.40. The molecule has 6 nitrogen and oxygen atoms in total. The molecule has 17 heavy (non-hydrogen) atoms. The van der Waals surface area contributed by atoms with Gasteiger partial charge in [-0.3, -0.25) is 9.48 Å². The van der Waals surface area contributed by atoms with Crippen LogP contribution in [-0.4, -0.2) is 59.1 Å². The number of nitrogens with zero attached hydrogens (tertiary/aromatic N) is 3. The van der Waals surface area contributed by atoms with Crippen LogP contribution in [0.5, 0.6) is 0 Å². The molecule has 1 aromatic heterocycles. The van der Waals surface area contributed by atoms with Crippen LogP contribution in [0.1, 0.15) is 16.2 Å². The largest absolute Gasteiger partial charge is 0.389 e. The highest BCUT2D eigenvalue weighted by atomic mass is 16.5. The van der Waals surface area contributed by atoms with Crippen LogP contribution in [0.2, 0.25) is 0 Å². The molecule has 0 saturated carbocycles. The zero-order valence-corrected chi connectivity index (χ0v) is 10.7. The van der Waals surface area contributed by atoms with Crippen molar-refractivity contribution in [2.75, 3.05) is 27.3 Å². The molecule has 1 amide bonds. The summed E-state index contributed by atoms with van der Waals surface area (Å²) in [5.41, 5.74) is 1.30. The molecule has 6 heteroatoms. The summed E-state index contributed by atoms with van der Waals surface area (Å²) in [4.78, 5) is 13.5. The van der Waals surface area contributed by atoms with Crippen LogP contribution in [0.4, 0.5) is 0 Å². The van der Waals surface area contributed by atoms with Gasteiger partial charge in [0.25, 0.3) is 5.91 Å². The van der Waals surface area contributed by atoms with E-state index in [4.69, 9.17) is 4.74 Å². The topological polar surface area (TPSA) is 67.6 Å². The van der Waals surface area contributed by atoms with Gasteiger partial charge in [-0.2, -0.15) is 5.10 Å². The van der Waals surface area contributed by atoms with Crippen molar-refractivity contribution >= 4 is 5.91 Å². The van der Waals surface area contributed by atoms with Gasteiger partial charge in [0.15, 0.2) is 0 Å². The Labute approximate surface area is 101 Å². The maximum absolute atomic E-state index is 12.0. The molecule has 1 rings (SSSR count). The molecule has 1 unspecified atom stereocenters. The number of methoxy groups -OCH3 is 1. The van der Waals surface area contributed by atoms with E-state index in [1.807, 2.05) is 6.92 Å². The Bertz CT molecular complexity index is 389. The van der Waals surface area contributed by atoms with Crippen molar-refractivity contribution in [2.45, 2.75) is 13.0 Å². The van der Waals surface area contributed by atoms with Crippen molar-refractivity contribution in [3.8, 4) is 0 Å². The molecule has 96 valence electrons. The first kappa shape index (κ1) is 13.7. The molecule has 0 fully saturated rings. The minimum atomic E-state index is -0.678. The number of hydrogen-bond acceptors (Lipinski definition) is 4. The van der Waals surface area contributed by atoms with Crippen LogP contribution < -0.4 is 0 Å². The lowest BCUT2D eigenvalue weighted by atomic mass is 10.3. The summed E-state index contributed by atoms with van der Waals surface area (Å²) in [5.74, 6) is -0.164. The highest BCUT2D eigenvalue weighted by Gasteiger charge is 2.18. The molecular formula is C11H19N3O3. The Morgan fingerprint density at radius 2 is 2.35 bits per heavy atom. The van der Waals surface area contributed by atoms with Crippen LogP contribution in [0.25, 0.3) is 0 Å². The lowest BCUT2D eigenvalue weighted by Crippen LogP contribution is -2.37. The zero-order valence-electron chi connectivity index (χ0n) is 10.7. The first-order valence-electron chi connectivity index (χ1n) is 5.38. The van der Waals surface area contributed by atoms with Crippen LogP contribution in [0, 0.1) is 6.92 Å². The number of likely N-dealkylation sites (N-methyl/N-ethyl adjacent to an activating group) is 1. The van der Waals surface area contributed by atoms with Gasteiger partial charge in [0.1, 0.15) is 5.69 Å². The predicted octanol–water partition coefficient (Wildman–Crippen LogP) is -0.192. The second-order valence-corrected chi connectivity index (χ2v) is 4.09. The number of aryl methyl sites for hydroxylation is 2. The minimum absolute atomic E-state index is 0.164. The van der Waals surface area contributed by atoms with E-state index in [1.165, 1.54) is 16.7 Å². The summed E-state index contributed by atoms with van der Waals surface area (Å²) >= 11 is 0. The lowest BCUT2D eigenvalue weighted by Gasteiger charge is -2.20. The minimum Gasteiger partial charge on any atom is -0.389 e. The Balaban J connectivity index is 2.66. The summed E-state index contributed by atoms with van der Waals surface area (Å²) in [6, 6.07) is 1.72. The van der Waals surface area contributed by atoms with Crippen LogP contribution in [-0.2, 0) is 11.8 Å². The van der Waals surface area contributed by atoms with E-state index in [2.05, 4.69) is 5.10 Å². The second-order valence-electron chi connectivity index (χ2n) is 4.09. The monoisotopic (exact) mass is 241 g/mol. The average Bonchev–Trinajstić information content (AvgIpc) is 2.56. The molecule has 0 aliphatic heterocycles. The average molecular weight is 241 g/mol. The molecule has 1 aromatic rings. The number of aliphatic hydroxyl groups excluding tert-OH is 1.